The molecular formula is C10H11N3O3S. The van der Waals surface area contributed by atoms with Gasteiger partial charge in [0.15, 0.2) is 0 Å². The zero-order valence-electron chi connectivity index (χ0n) is 9.35. The third-order valence-corrected chi connectivity index (χ3v) is 3.31. The van der Waals surface area contributed by atoms with Crippen LogP contribution in [-0.4, -0.2) is 26.3 Å². The molecule has 2 N–H and O–H groups in total. The monoisotopic (exact) mass is 253 g/mol. The van der Waals surface area contributed by atoms with Crippen molar-refractivity contribution in [1.82, 2.24) is 9.97 Å². The Bertz CT molecular complexity index is 533. The Hall–Kier alpha value is -1.81. The van der Waals surface area contributed by atoms with Gasteiger partial charge in [0.2, 0.25) is 0 Å². The first-order valence-corrected chi connectivity index (χ1v) is 5.78. The fourth-order valence-electron chi connectivity index (χ4n) is 1.23. The van der Waals surface area contributed by atoms with Crippen LogP contribution in [0.1, 0.15) is 29.4 Å². The molecule has 1 atom stereocenters. The minimum absolute atomic E-state index is 0.0525. The molecule has 0 aliphatic rings. The summed E-state index contributed by atoms with van der Waals surface area (Å²) in [5.74, 6) is -1.17. The molecule has 0 radical (unpaired) electrons. The number of carboxylic acid groups (broad SMARTS) is 1. The normalized spacial score (nSPS) is 11.8. The van der Waals surface area contributed by atoms with Crippen LogP contribution < -0.4 is 5.69 Å². The van der Waals surface area contributed by atoms with Gasteiger partial charge in [-0.3, -0.25) is 0 Å². The molecule has 0 aliphatic heterocycles. The van der Waals surface area contributed by atoms with Gasteiger partial charge < -0.3 is 10.1 Å². The molecule has 0 bridgehead atoms. The summed E-state index contributed by atoms with van der Waals surface area (Å²) >= 11 is 0.999. The lowest BCUT2D eigenvalue weighted by atomic mass is 10.2. The second-order valence-corrected chi connectivity index (χ2v) is 4.49. The van der Waals surface area contributed by atoms with E-state index < -0.39 is 16.9 Å². The summed E-state index contributed by atoms with van der Waals surface area (Å²) in [4.78, 5) is 28.2. The van der Waals surface area contributed by atoms with Crippen LogP contribution in [0.25, 0.3) is 0 Å². The van der Waals surface area contributed by atoms with Crippen molar-refractivity contribution in [2.75, 3.05) is 0 Å². The highest BCUT2D eigenvalue weighted by Gasteiger charge is 2.19. The molecule has 6 nitrogen and oxygen atoms in total. The molecule has 1 unspecified atom stereocenters. The van der Waals surface area contributed by atoms with Gasteiger partial charge in [0, 0.05) is 5.69 Å². The number of hydrogen-bond acceptors (Lipinski definition) is 5. The first-order chi connectivity index (χ1) is 7.99. The van der Waals surface area contributed by atoms with Crippen LogP contribution in [0.3, 0.4) is 0 Å². The maximum atomic E-state index is 11.2. The number of rotatable bonds is 4. The highest BCUT2D eigenvalue weighted by Crippen LogP contribution is 2.26. The number of thioether (sulfide) groups is 1. The average Bonchev–Trinajstić information content (AvgIpc) is 2.24. The van der Waals surface area contributed by atoms with Crippen molar-refractivity contribution in [1.29, 1.82) is 5.26 Å². The molecule has 0 saturated heterocycles. The van der Waals surface area contributed by atoms with E-state index in [1.165, 1.54) is 6.92 Å². The van der Waals surface area contributed by atoms with Gasteiger partial charge in [-0.1, -0.05) is 18.7 Å². The molecule has 17 heavy (non-hydrogen) atoms. The minimum atomic E-state index is -1.17. The lowest BCUT2D eigenvalue weighted by Crippen LogP contribution is -2.19. The Morgan fingerprint density at radius 2 is 2.35 bits per heavy atom. The lowest BCUT2D eigenvalue weighted by molar-refractivity contribution is 0.0690. The number of nitriles is 1. The summed E-state index contributed by atoms with van der Waals surface area (Å²) in [6.07, 6.45) is 0.549. The van der Waals surface area contributed by atoms with E-state index in [9.17, 15) is 9.59 Å². The topological polar surface area (TPSA) is 107 Å². The fraction of sp³-hybridized carbons (Fsp3) is 0.400. The van der Waals surface area contributed by atoms with Crippen LogP contribution in [0.4, 0.5) is 0 Å². The van der Waals surface area contributed by atoms with Crippen molar-refractivity contribution in [3.63, 3.8) is 0 Å². The van der Waals surface area contributed by atoms with E-state index in [1.54, 1.807) is 6.92 Å². The van der Waals surface area contributed by atoms with Gasteiger partial charge in [0.05, 0.1) is 11.3 Å². The molecule has 1 aromatic heterocycles. The number of H-pyrrole nitrogens is 1. The second-order valence-electron chi connectivity index (χ2n) is 3.30. The summed E-state index contributed by atoms with van der Waals surface area (Å²) in [6, 6.07) is 2.02. The van der Waals surface area contributed by atoms with E-state index in [4.69, 9.17) is 10.4 Å². The maximum Gasteiger partial charge on any atom is 0.346 e. The number of aryl methyl sites for hydroxylation is 1. The molecule has 1 rings (SSSR count). The van der Waals surface area contributed by atoms with Gasteiger partial charge in [-0.2, -0.15) is 10.2 Å². The van der Waals surface area contributed by atoms with Crippen LogP contribution in [0.5, 0.6) is 0 Å². The predicted molar refractivity (Wildman–Crippen MR) is 62.1 cm³/mol. The Morgan fingerprint density at radius 1 is 1.71 bits per heavy atom. The van der Waals surface area contributed by atoms with Gasteiger partial charge in [-0.25, -0.2) is 9.59 Å². The Labute approximate surface area is 102 Å². The Balaban J connectivity index is 3.27. The van der Waals surface area contributed by atoms with Crippen molar-refractivity contribution in [3.05, 3.63) is 21.7 Å². The molecule has 0 amide bonds. The maximum absolute atomic E-state index is 11.2. The highest BCUT2D eigenvalue weighted by atomic mass is 32.2. The molecule has 0 aromatic carbocycles. The van der Waals surface area contributed by atoms with Crippen LogP contribution in [-0.2, 0) is 0 Å². The van der Waals surface area contributed by atoms with Gasteiger partial charge in [0.1, 0.15) is 10.6 Å². The van der Waals surface area contributed by atoms with Gasteiger partial charge in [-0.15, -0.1) is 0 Å². The summed E-state index contributed by atoms with van der Waals surface area (Å²) in [5.41, 5.74) is -0.418. The quantitative estimate of drug-likeness (QED) is 0.616. The first-order valence-electron chi connectivity index (χ1n) is 4.90. The lowest BCUT2D eigenvalue weighted by Gasteiger charge is -2.08. The molecule has 90 valence electrons. The molecule has 0 saturated carbocycles. The van der Waals surface area contributed by atoms with E-state index in [-0.39, 0.29) is 16.3 Å². The third kappa shape index (κ3) is 3.07. The van der Waals surface area contributed by atoms with E-state index in [0.29, 0.717) is 6.42 Å². The van der Waals surface area contributed by atoms with Crippen molar-refractivity contribution < 1.29 is 9.90 Å². The van der Waals surface area contributed by atoms with E-state index >= 15 is 0 Å². The zero-order chi connectivity index (χ0) is 13.0. The van der Waals surface area contributed by atoms with E-state index in [1.807, 2.05) is 6.07 Å². The molecule has 1 heterocycles. The number of aromatic nitrogens is 2. The average molecular weight is 253 g/mol. The van der Waals surface area contributed by atoms with Crippen LogP contribution >= 0.6 is 11.8 Å². The number of aromatic amines is 1. The first kappa shape index (κ1) is 13.3. The Morgan fingerprint density at radius 3 is 2.82 bits per heavy atom. The number of aromatic carboxylic acids is 1. The third-order valence-electron chi connectivity index (χ3n) is 2.07. The highest BCUT2D eigenvalue weighted by molar-refractivity contribution is 8.00. The molecule has 1 aromatic rings. The number of nitrogens with one attached hydrogen (secondary N) is 1. The molecule has 0 fully saturated rings. The number of carboxylic acids is 1. The largest absolute Gasteiger partial charge is 0.478 e. The standard InChI is InChI=1S/C10H11N3O3S/c1-3-6(4-11)17-8-7(9(14)15)5(2)12-10(16)13-8/h6H,3H2,1-2H3,(H,14,15)(H,12,13,16). The predicted octanol–water partition coefficient (Wildman–Crippen LogP) is 1.17. The van der Waals surface area contributed by atoms with Crippen molar-refractivity contribution >= 4 is 17.7 Å². The number of carbonyl (C=O) groups is 1. The van der Waals surface area contributed by atoms with Crippen LogP contribution in [0.2, 0.25) is 0 Å². The summed E-state index contributed by atoms with van der Waals surface area (Å²) < 4.78 is 0. The van der Waals surface area contributed by atoms with Crippen LogP contribution in [0.15, 0.2) is 9.82 Å². The van der Waals surface area contributed by atoms with Gasteiger partial charge in [-0.05, 0) is 13.3 Å². The molecular weight excluding hydrogens is 242 g/mol. The van der Waals surface area contributed by atoms with Crippen molar-refractivity contribution in [2.24, 2.45) is 0 Å². The van der Waals surface area contributed by atoms with Crippen molar-refractivity contribution in [3.8, 4) is 6.07 Å². The minimum Gasteiger partial charge on any atom is -0.478 e. The van der Waals surface area contributed by atoms with E-state index in [0.717, 1.165) is 11.8 Å². The summed E-state index contributed by atoms with van der Waals surface area (Å²) in [6.45, 7) is 3.30. The van der Waals surface area contributed by atoms with Crippen molar-refractivity contribution in [2.45, 2.75) is 30.5 Å². The van der Waals surface area contributed by atoms with Gasteiger partial charge in [0.25, 0.3) is 0 Å². The summed E-state index contributed by atoms with van der Waals surface area (Å²) in [5, 5.41) is 17.5. The zero-order valence-corrected chi connectivity index (χ0v) is 10.2. The molecule has 0 spiro atoms. The smallest absolute Gasteiger partial charge is 0.346 e. The number of nitrogens with zero attached hydrogens (tertiary/aromatic N) is 2. The van der Waals surface area contributed by atoms with Gasteiger partial charge >= 0.3 is 11.7 Å². The SMILES string of the molecule is CCC(C#N)Sc1nc(=O)[nH]c(C)c1C(=O)O. The second kappa shape index (κ2) is 5.50. The fourth-order valence-corrected chi connectivity index (χ4v) is 2.21. The van der Waals surface area contributed by atoms with E-state index in [2.05, 4.69) is 9.97 Å². The van der Waals surface area contributed by atoms with Crippen LogP contribution in [0, 0.1) is 18.3 Å². The molecule has 0 aliphatic carbocycles. The summed E-state index contributed by atoms with van der Waals surface area (Å²) in [7, 11) is 0. The Kier molecular flexibility index (Phi) is 4.29. The molecule has 7 heteroatoms. The number of hydrogen-bond donors (Lipinski definition) is 2.